The minimum Gasteiger partial charge on any atom is -0.454 e. The second kappa shape index (κ2) is 19.3. The number of fused-ring (bicyclic) bond motifs is 6. The molecular formula is C52H46BNO8S3. The Kier molecular flexibility index (Phi) is 13.1. The van der Waals surface area contributed by atoms with Crippen LogP contribution in [0.5, 0.6) is 23.0 Å². The number of nitrogens with zero attached hydrogens (tertiary/aromatic N) is 1. The zero-order chi connectivity index (χ0) is 45.1. The summed E-state index contributed by atoms with van der Waals surface area (Å²) in [5, 5.41) is 17.6. The number of benzene rings is 7. The van der Waals surface area contributed by atoms with Crippen molar-refractivity contribution in [2.75, 3.05) is 19.5 Å². The fraction of sp³-hybridized carbons (Fsp3) is 0.173. The van der Waals surface area contributed by atoms with Gasteiger partial charge in [0.2, 0.25) is 13.6 Å². The fourth-order valence-corrected chi connectivity index (χ4v) is 11.0. The smallest absolute Gasteiger partial charge is 0.454 e. The molecule has 0 aliphatic carbocycles. The number of hydrogen-bond donors (Lipinski definition) is 2. The van der Waals surface area contributed by atoms with Crippen molar-refractivity contribution < 1.29 is 37.4 Å². The normalized spacial score (nSPS) is 14.3. The van der Waals surface area contributed by atoms with E-state index in [1.165, 1.54) is 53.0 Å². The second-order valence-electron chi connectivity index (χ2n) is 16.1. The number of aryl methyl sites for hydroxylation is 1. The van der Waals surface area contributed by atoms with Crippen LogP contribution in [0.25, 0.3) is 0 Å². The second-order valence-corrected chi connectivity index (χ2v) is 20.2. The van der Waals surface area contributed by atoms with Gasteiger partial charge in [-0.1, -0.05) is 115 Å². The highest BCUT2D eigenvalue weighted by molar-refractivity contribution is 7.99. The average Bonchev–Trinajstić information content (AvgIpc) is 4.01. The van der Waals surface area contributed by atoms with E-state index in [0.717, 1.165) is 41.2 Å². The van der Waals surface area contributed by atoms with Crippen molar-refractivity contribution in [3.63, 3.8) is 0 Å². The molecule has 4 aliphatic rings. The molecule has 0 aromatic heterocycles. The highest BCUT2D eigenvalue weighted by atomic mass is 32.2. The lowest BCUT2D eigenvalue weighted by molar-refractivity contribution is 0.173. The fourth-order valence-electron chi connectivity index (χ4n) is 7.84. The van der Waals surface area contributed by atoms with Crippen molar-refractivity contribution in [3.8, 4) is 23.0 Å². The number of ether oxygens (including phenoxy) is 4. The Labute approximate surface area is 388 Å². The molecular weight excluding hydrogens is 874 g/mol. The summed E-state index contributed by atoms with van der Waals surface area (Å²) in [5.41, 5.74) is 11.2. The van der Waals surface area contributed by atoms with Crippen LogP contribution in [0.1, 0.15) is 64.3 Å². The maximum absolute atomic E-state index is 12.5. The van der Waals surface area contributed by atoms with Gasteiger partial charge < -0.3 is 29.0 Å². The SMILES string of the molecule is CC(=NCS(=O)(=O)c1ccc(C)cc1)c1ccc2c(c1)Cc1ccccc1S2.CC(c1ccc2c(c1)Cc1ccccc1S2)c1ccc2c(c1)OCO2.OB(O)c1ccc2c(c1)OCO2. The van der Waals surface area contributed by atoms with E-state index in [2.05, 4.69) is 103 Å². The largest absolute Gasteiger partial charge is 0.488 e. The van der Waals surface area contributed by atoms with E-state index in [1.54, 1.807) is 42.1 Å². The van der Waals surface area contributed by atoms with E-state index in [4.69, 9.17) is 29.0 Å². The molecule has 2 N–H and O–H groups in total. The Bertz CT molecular complexity index is 3030. The summed E-state index contributed by atoms with van der Waals surface area (Å²) in [6.07, 6.45) is 1.90. The monoisotopic (exact) mass is 919 g/mol. The molecule has 1 atom stereocenters. The van der Waals surface area contributed by atoms with Gasteiger partial charge in [0.05, 0.1) is 4.90 Å². The highest BCUT2D eigenvalue weighted by Crippen LogP contribution is 2.43. The molecule has 13 heteroatoms. The van der Waals surface area contributed by atoms with E-state index < -0.39 is 17.0 Å². The van der Waals surface area contributed by atoms with Gasteiger partial charge in [-0.2, -0.15) is 0 Å². The third kappa shape index (κ3) is 10.1. The molecule has 4 heterocycles. The van der Waals surface area contributed by atoms with Gasteiger partial charge in [0, 0.05) is 31.2 Å². The molecule has 0 fully saturated rings. The van der Waals surface area contributed by atoms with Gasteiger partial charge in [0.15, 0.2) is 32.8 Å². The van der Waals surface area contributed by atoms with Crippen molar-refractivity contribution in [1.29, 1.82) is 0 Å². The maximum atomic E-state index is 12.5. The van der Waals surface area contributed by atoms with Gasteiger partial charge in [-0.05, 0) is 138 Å². The van der Waals surface area contributed by atoms with Crippen LogP contribution in [-0.4, -0.2) is 50.8 Å². The van der Waals surface area contributed by atoms with Crippen molar-refractivity contribution >= 4 is 51.7 Å². The van der Waals surface area contributed by atoms with Crippen molar-refractivity contribution in [2.24, 2.45) is 4.99 Å². The summed E-state index contributed by atoms with van der Waals surface area (Å²) >= 11 is 3.66. The topological polar surface area (TPSA) is 124 Å². The van der Waals surface area contributed by atoms with Crippen molar-refractivity contribution in [2.45, 2.75) is 64.0 Å². The van der Waals surface area contributed by atoms with Crippen LogP contribution < -0.4 is 24.4 Å². The third-order valence-corrected chi connectivity index (χ3v) is 15.6. The first kappa shape index (κ1) is 44.3. The summed E-state index contributed by atoms with van der Waals surface area (Å²) in [5.74, 6) is 2.97. The molecule has 9 nitrogen and oxygen atoms in total. The summed E-state index contributed by atoms with van der Waals surface area (Å²) < 4.78 is 46.1. The molecule has 11 rings (SSSR count). The lowest BCUT2D eigenvalue weighted by Crippen LogP contribution is -2.29. The van der Waals surface area contributed by atoms with E-state index in [1.807, 2.05) is 49.9 Å². The van der Waals surface area contributed by atoms with Gasteiger partial charge >= 0.3 is 7.12 Å². The van der Waals surface area contributed by atoms with Crippen LogP contribution >= 0.6 is 23.5 Å². The quantitative estimate of drug-likeness (QED) is 0.118. The summed E-state index contributed by atoms with van der Waals surface area (Å²) in [4.78, 5) is 10.0. The third-order valence-electron chi connectivity index (χ3n) is 11.7. The minimum atomic E-state index is -3.43. The Balaban J connectivity index is 0.000000132. The van der Waals surface area contributed by atoms with Crippen LogP contribution in [0.4, 0.5) is 0 Å². The Morgan fingerprint density at radius 2 is 1.14 bits per heavy atom. The molecule has 0 radical (unpaired) electrons. The summed E-state index contributed by atoms with van der Waals surface area (Å²) in [7, 11) is -4.89. The van der Waals surface area contributed by atoms with Crippen LogP contribution in [0, 0.1) is 6.92 Å². The summed E-state index contributed by atoms with van der Waals surface area (Å²) in [6, 6.07) is 48.3. The highest BCUT2D eigenvalue weighted by Gasteiger charge is 2.22. The van der Waals surface area contributed by atoms with Crippen molar-refractivity contribution in [3.05, 3.63) is 190 Å². The predicted octanol–water partition coefficient (Wildman–Crippen LogP) is 10.0. The van der Waals surface area contributed by atoms with E-state index >= 15 is 0 Å². The number of sulfone groups is 1. The van der Waals surface area contributed by atoms with Crippen molar-refractivity contribution in [1.82, 2.24) is 0 Å². The van der Waals surface area contributed by atoms with Crippen LogP contribution in [0.15, 0.2) is 175 Å². The molecule has 65 heavy (non-hydrogen) atoms. The summed E-state index contributed by atoms with van der Waals surface area (Å²) in [6.45, 7) is 6.58. The van der Waals surface area contributed by atoms with Crippen LogP contribution in [0.2, 0.25) is 0 Å². The van der Waals surface area contributed by atoms with Crippen LogP contribution in [-0.2, 0) is 22.7 Å². The number of hydrogen-bond acceptors (Lipinski definition) is 11. The molecule has 7 aromatic carbocycles. The first-order valence-electron chi connectivity index (χ1n) is 21.2. The molecule has 0 saturated heterocycles. The zero-order valence-corrected chi connectivity index (χ0v) is 38.5. The first-order valence-corrected chi connectivity index (χ1v) is 24.5. The molecule has 0 amide bonds. The molecule has 0 saturated carbocycles. The molecule has 0 spiro atoms. The average molecular weight is 920 g/mol. The molecule has 328 valence electrons. The predicted molar refractivity (Wildman–Crippen MR) is 258 cm³/mol. The molecule has 0 bridgehead atoms. The maximum Gasteiger partial charge on any atom is 0.488 e. The molecule has 7 aromatic rings. The Morgan fingerprint density at radius 3 is 1.78 bits per heavy atom. The van der Waals surface area contributed by atoms with E-state index in [9.17, 15) is 8.42 Å². The van der Waals surface area contributed by atoms with Gasteiger partial charge in [-0.25, -0.2) is 8.42 Å². The molecule has 4 aliphatic heterocycles. The van der Waals surface area contributed by atoms with E-state index in [0.29, 0.717) is 34.6 Å². The minimum absolute atomic E-state index is 0.195. The van der Waals surface area contributed by atoms with Gasteiger partial charge in [-0.15, -0.1) is 0 Å². The Hall–Kier alpha value is -5.96. The zero-order valence-electron chi connectivity index (χ0n) is 36.1. The number of aliphatic imine (C=N–C) groups is 1. The lowest BCUT2D eigenvalue weighted by Gasteiger charge is -2.21. The molecule has 1 unspecified atom stereocenters. The van der Waals surface area contributed by atoms with E-state index in [-0.39, 0.29) is 12.7 Å². The van der Waals surface area contributed by atoms with Gasteiger partial charge in [-0.3, -0.25) is 4.99 Å². The van der Waals surface area contributed by atoms with Gasteiger partial charge in [0.25, 0.3) is 0 Å². The first-order chi connectivity index (χ1) is 31.5. The Morgan fingerprint density at radius 1 is 0.615 bits per heavy atom. The van der Waals surface area contributed by atoms with Gasteiger partial charge in [0.1, 0.15) is 5.88 Å². The van der Waals surface area contributed by atoms with Crippen LogP contribution in [0.3, 0.4) is 0 Å². The lowest BCUT2D eigenvalue weighted by atomic mass is 9.80. The number of rotatable bonds is 7. The standard InChI is InChI=1S/C23H21NO2S2.C22H18O2S.C7H7BO4/c1-16-7-10-21(11-8-16)28(25,26)15-24-17(2)18-9-12-23-20(13-18)14-19-5-3-4-6-22(19)27-23;1-14(16-6-8-19-20(12-16)24-13-23-19)15-7-9-22-18(10-15)11-17-4-2-3-5-21(17)25-22;9-8(10)5-1-2-6-7(3-5)12-4-11-6/h3-13H,14-15H2,1-2H3;2-10,12,14H,11,13H2,1H3;1-3,9-10H,4H2.